The lowest BCUT2D eigenvalue weighted by Gasteiger charge is -2.12. The van der Waals surface area contributed by atoms with Gasteiger partial charge in [0.2, 0.25) is 5.78 Å². The van der Waals surface area contributed by atoms with Gasteiger partial charge < -0.3 is 14.2 Å². The van der Waals surface area contributed by atoms with Gasteiger partial charge in [-0.2, -0.15) is 0 Å². The van der Waals surface area contributed by atoms with Crippen LogP contribution < -0.4 is 14.2 Å². The zero-order valence-corrected chi connectivity index (χ0v) is 17.7. The topological polar surface area (TPSA) is 44.8 Å². The molecule has 1 heterocycles. The monoisotopic (exact) mass is 450 g/mol. The van der Waals surface area contributed by atoms with Gasteiger partial charge in [-0.05, 0) is 60.5 Å². The average Bonchev–Trinajstić information content (AvgIpc) is 3.04. The summed E-state index contributed by atoms with van der Waals surface area (Å²) in [7, 11) is 1.64. The van der Waals surface area contributed by atoms with E-state index in [0.29, 0.717) is 29.4 Å². The van der Waals surface area contributed by atoms with Crippen LogP contribution in [0.5, 0.6) is 17.2 Å². The first-order valence-electron chi connectivity index (χ1n) is 9.14. The van der Waals surface area contributed by atoms with E-state index < -0.39 is 0 Å². The molecule has 146 valence electrons. The molecule has 0 atom stereocenters. The summed E-state index contributed by atoms with van der Waals surface area (Å²) in [6, 6.07) is 19.0. The Hall–Kier alpha value is -3.05. The molecule has 0 aromatic heterocycles. The van der Waals surface area contributed by atoms with Crippen molar-refractivity contribution in [1.82, 2.24) is 0 Å². The van der Waals surface area contributed by atoms with Crippen LogP contribution in [-0.2, 0) is 6.61 Å². The van der Waals surface area contributed by atoms with Gasteiger partial charge in [0, 0.05) is 10.0 Å². The van der Waals surface area contributed by atoms with Crippen LogP contribution in [0.2, 0.25) is 0 Å². The number of fused-ring (bicyclic) bond motifs is 1. The summed E-state index contributed by atoms with van der Waals surface area (Å²) < 4.78 is 18.0. The second-order valence-electron chi connectivity index (χ2n) is 6.70. The fourth-order valence-corrected chi connectivity index (χ4v) is 3.57. The highest BCUT2D eigenvalue weighted by Crippen LogP contribution is 2.39. The molecule has 0 saturated carbocycles. The van der Waals surface area contributed by atoms with Crippen LogP contribution in [0, 0.1) is 6.92 Å². The van der Waals surface area contributed by atoms with Crippen LogP contribution in [0.4, 0.5) is 0 Å². The summed E-state index contributed by atoms with van der Waals surface area (Å²) in [5.41, 5.74) is 3.28. The first-order valence-corrected chi connectivity index (χ1v) is 9.93. The molecule has 0 amide bonds. The van der Waals surface area contributed by atoms with Gasteiger partial charge in [0.25, 0.3) is 0 Å². The van der Waals surface area contributed by atoms with E-state index in [2.05, 4.69) is 15.9 Å². The fraction of sp³-hybridized carbons (Fsp3) is 0.125. The molecule has 0 bridgehead atoms. The zero-order valence-electron chi connectivity index (χ0n) is 16.1. The van der Waals surface area contributed by atoms with Crippen LogP contribution >= 0.6 is 15.9 Å². The Balaban J connectivity index is 1.54. The summed E-state index contributed by atoms with van der Waals surface area (Å²) in [6.45, 7) is 2.32. The molecule has 0 N–H and O–H groups in total. The second-order valence-corrected chi connectivity index (χ2v) is 7.61. The highest BCUT2D eigenvalue weighted by molar-refractivity contribution is 9.10. The van der Waals surface area contributed by atoms with Crippen molar-refractivity contribution >= 4 is 27.8 Å². The Morgan fingerprint density at radius 2 is 1.86 bits per heavy atom. The van der Waals surface area contributed by atoms with Crippen molar-refractivity contribution in [2.24, 2.45) is 0 Å². The largest absolute Gasteiger partial charge is 0.497 e. The van der Waals surface area contributed by atoms with E-state index in [9.17, 15) is 4.79 Å². The molecule has 3 aromatic carbocycles. The molecular formula is C24H19BrO4. The maximum atomic E-state index is 12.7. The van der Waals surface area contributed by atoms with Crippen LogP contribution in [0.25, 0.3) is 6.08 Å². The molecule has 0 aliphatic carbocycles. The molecule has 5 heteroatoms. The number of Topliss-reactive ketones (excluding diaryl/α,β-unsaturated/α-hetero) is 1. The SMILES string of the molecule is COc1ccc(COc2ccc3c(c2C)O/C(=C\c2cccc(Br)c2)C3=O)cc1. The third-order valence-electron chi connectivity index (χ3n) is 4.74. The first kappa shape index (κ1) is 19.3. The van der Waals surface area contributed by atoms with Gasteiger partial charge in [-0.15, -0.1) is 0 Å². The molecule has 0 spiro atoms. The van der Waals surface area contributed by atoms with E-state index in [1.165, 1.54) is 0 Å². The first-order chi connectivity index (χ1) is 14.0. The number of ether oxygens (including phenoxy) is 3. The number of methoxy groups -OCH3 is 1. The second kappa shape index (κ2) is 8.13. The smallest absolute Gasteiger partial charge is 0.231 e. The molecule has 4 nitrogen and oxygen atoms in total. The lowest BCUT2D eigenvalue weighted by molar-refractivity contribution is 0.101. The maximum absolute atomic E-state index is 12.7. The number of rotatable bonds is 5. The Morgan fingerprint density at radius 3 is 2.59 bits per heavy atom. The van der Waals surface area contributed by atoms with Crippen molar-refractivity contribution < 1.29 is 19.0 Å². The number of benzene rings is 3. The Labute approximate surface area is 177 Å². The summed E-state index contributed by atoms with van der Waals surface area (Å²) in [5, 5.41) is 0. The van der Waals surface area contributed by atoms with E-state index in [1.54, 1.807) is 19.3 Å². The number of ketones is 1. The van der Waals surface area contributed by atoms with Crippen molar-refractivity contribution in [1.29, 1.82) is 0 Å². The normalized spacial score (nSPS) is 13.9. The van der Waals surface area contributed by atoms with Crippen LogP contribution in [0.15, 0.2) is 70.9 Å². The number of carbonyl (C=O) groups excluding carboxylic acids is 1. The van der Waals surface area contributed by atoms with E-state index >= 15 is 0 Å². The molecule has 1 aliphatic rings. The fourth-order valence-electron chi connectivity index (χ4n) is 3.15. The van der Waals surface area contributed by atoms with Gasteiger partial charge in [0.15, 0.2) is 5.76 Å². The minimum Gasteiger partial charge on any atom is -0.497 e. The number of hydrogen-bond donors (Lipinski definition) is 0. The van der Waals surface area contributed by atoms with Gasteiger partial charge in [0.1, 0.15) is 23.9 Å². The predicted molar refractivity (Wildman–Crippen MR) is 116 cm³/mol. The molecule has 0 saturated heterocycles. The van der Waals surface area contributed by atoms with Gasteiger partial charge in [-0.3, -0.25) is 4.79 Å². The molecule has 0 radical (unpaired) electrons. The van der Waals surface area contributed by atoms with Gasteiger partial charge in [0.05, 0.1) is 12.7 Å². The minimum atomic E-state index is -0.121. The molecule has 3 aromatic rings. The van der Waals surface area contributed by atoms with E-state index in [1.807, 2.05) is 61.5 Å². The Morgan fingerprint density at radius 1 is 1.07 bits per heavy atom. The predicted octanol–water partition coefficient (Wildman–Crippen LogP) is 5.96. The van der Waals surface area contributed by atoms with Gasteiger partial charge in [-0.25, -0.2) is 0 Å². The maximum Gasteiger partial charge on any atom is 0.231 e. The van der Waals surface area contributed by atoms with Gasteiger partial charge >= 0.3 is 0 Å². The number of allylic oxidation sites excluding steroid dienone is 1. The number of carbonyl (C=O) groups is 1. The number of hydrogen-bond acceptors (Lipinski definition) is 4. The number of halogens is 1. The summed E-state index contributed by atoms with van der Waals surface area (Å²) >= 11 is 3.44. The lowest BCUT2D eigenvalue weighted by Crippen LogP contribution is -1.98. The average molecular weight is 451 g/mol. The van der Waals surface area contributed by atoms with E-state index in [-0.39, 0.29) is 5.78 Å². The lowest BCUT2D eigenvalue weighted by atomic mass is 10.1. The van der Waals surface area contributed by atoms with Crippen LogP contribution in [0.1, 0.15) is 27.0 Å². The van der Waals surface area contributed by atoms with Crippen LogP contribution in [0.3, 0.4) is 0 Å². The molecule has 0 unspecified atom stereocenters. The Bertz CT molecular complexity index is 1100. The molecule has 29 heavy (non-hydrogen) atoms. The van der Waals surface area contributed by atoms with Crippen LogP contribution in [-0.4, -0.2) is 12.9 Å². The molecule has 0 fully saturated rings. The van der Waals surface area contributed by atoms with Crippen molar-refractivity contribution in [3.63, 3.8) is 0 Å². The summed E-state index contributed by atoms with van der Waals surface area (Å²) in [4.78, 5) is 12.7. The quantitative estimate of drug-likeness (QED) is 0.449. The summed E-state index contributed by atoms with van der Waals surface area (Å²) in [6.07, 6.45) is 1.75. The van der Waals surface area contributed by atoms with Gasteiger partial charge in [-0.1, -0.05) is 40.2 Å². The highest BCUT2D eigenvalue weighted by atomic mass is 79.9. The zero-order chi connectivity index (χ0) is 20.4. The molecule has 4 rings (SSSR count). The third kappa shape index (κ3) is 4.05. The van der Waals surface area contributed by atoms with E-state index in [4.69, 9.17) is 14.2 Å². The highest BCUT2D eigenvalue weighted by Gasteiger charge is 2.30. The third-order valence-corrected chi connectivity index (χ3v) is 5.23. The van der Waals surface area contributed by atoms with Crippen molar-refractivity contribution in [3.05, 3.63) is 93.1 Å². The summed E-state index contributed by atoms with van der Waals surface area (Å²) in [5.74, 6) is 2.25. The van der Waals surface area contributed by atoms with E-state index in [0.717, 1.165) is 26.9 Å². The van der Waals surface area contributed by atoms with Crippen molar-refractivity contribution in [2.45, 2.75) is 13.5 Å². The van der Waals surface area contributed by atoms with Crippen molar-refractivity contribution in [3.8, 4) is 17.2 Å². The molecule has 1 aliphatic heterocycles. The Kier molecular flexibility index (Phi) is 5.41. The van der Waals surface area contributed by atoms with Crippen molar-refractivity contribution in [2.75, 3.05) is 7.11 Å². The molecular weight excluding hydrogens is 432 g/mol. The standard InChI is InChI=1S/C24H19BrO4/c1-15-21(28-14-16-6-8-19(27-2)9-7-16)11-10-20-23(26)22(29-24(15)20)13-17-4-3-5-18(25)12-17/h3-13H,14H2,1-2H3/b22-13-. The minimum absolute atomic E-state index is 0.121.